The molecule has 1 amide bonds. The van der Waals surface area contributed by atoms with Crippen LogP contribution in [0.4, 0.5) is 0 Å². The Morgan fingerprint density at radius 2 is 1.79 bits per heavy atom. The van der Waals surface area contributed by atoms with Gasteiger partial charge in [-0.15, -0.1) is 0 Å². The molecule has 0 aliphatic carbocycles. The summed E-state index contributed by atoms with van der Waals surface area (Å²) in [6, 6.07) is 21.6. The second-order valence-electron chi connectivity index (χ2n) is 5.85. The highest BCUT2D eigenvalue weighted by atomic mass is 16.5. The van der Waals surface area contributed by atoms with Gasteiger partial charge in [-0.2, -0.15) is 0 Å². The van der Waals surface area contributed by atoms with Crippen molar-refractivity contribution in [2.45, 2.75) is 12.5 Å². The second-order valence-corrected chi connectivity index (χ2v) is 5.85. The smallest absolute Gasteiger partial charge is 0.268 e. The number of aromatic amines is 1. The minimum atomic E-state index is -0.0983. The zero-order chi connectivity index (χ0) is 16.4. The highest BCUT2D eigenvalue weighted by Gasteiger charge is 2.23. The van der Waals surface area contributed by atoms with E-state index in [-0.39, 0.29) is 11.9 Å². The molecule has 0 spiro atoms. The fourth-order valence-corrected chi connectivity index (χ4v) is 3.04. The quantitative estimate of drug-likeness (QED) is 0.768. The molecule has 1 aliphatic heterocycles. The predicted molar refractivity (Wildman–Crippen MR) is 93.0 cm³/mol. The Hall–Kier alpha value is -3.01. The first kappa shape index (κ1) is 14.6. The van der Waals surface area contributed by atoms with Gasteiger partial charge < -0.3 is 15.0 Å². The number of carbonyl (C=O) groups is 1. The lowest BCUT2D eigenvalue weighted by Gasteiger charge is -2.26. The molecule has 2 N–H and O–H groups in total. The van der Waals surface area contributed by atoms with Crippen molar-refractivity contribution in [3.63, 3.8) is 0 Å². The van der Waals surface area contributed by atoms with Crippen LogP contribution in [-0.4, -0.2) is 17.5 Å². The number of amides is 1. The van der Waals surface area contributed by atoms with Gasteiger partial charge in [0.05, 0.1) is 12.6 Å². The standard InChI is InChI=1S/C20H18N2O2/c23-20(18-11-10-16(21-18)14-6-2-1-3-7-14)22-17-12-13-24-19-9-5-4-8-15(17)19/h1-11,17,21H,12-13H2,(H,22,23). The zero-order valence-corrected chi connectivity index (χ0v) is 13.2. The number of fused-ring (bicyclic) bond motifs is 1. The Morgan fingerprint density at radius 1 is 1.00 bits per heavy atom. The average Bonchev–Trinajstić information content (AvgIpc) is 3.13. The minimum absolute atomic E-state index is 0.0223. The molecule has 0 radical (unpaired) electrons. The van der Waals surface area contributed by atoms with Crippen LogP contribution in [0.5, 0.6) is 5.75 Å². The van der Waals surface area contributed by atoms with Crippen LogP contribution in [0, 0.1) is 0 Å². The first-order valence-electron chi connectivity index (χ1n) is 8.08. The molecule has 2 aromatic carbocycles. The number of hydrogen-bond donors (Lipinski definition) is 2. The van der Waals surface area contributed by atoms with Crippen molar-refractivity contribution in [1.29, 1.82) is 0 Å². The van der Waals surface area contributed by atoms with Crippen LogP contribution in [0.25, 0.3) is 11.3 Å². The zero-order valence-electron chi connectivity index (χ0n) is 13.2. The molecular formula is C20H18N2O2. The lowest BCUT2D eigenvalue weighted by atomic mass is 10.0. The molecule has 1 unspecified atom stereocenters. The number of benzene rings is 2. The molecule has 1 atom stereocenters. The van der Waals surface area contributed by atoms with Crippen LogP contribution in [0.1, 0.15) is 28.5 Å². The third kappa shape index (κ3) is 2.78. The number of nitrogens with one attached hydrogen (secondary N) is 2. The summed E-state index contributed by atoms with van der Waals surface area (Å²) in [4.78, 5) is 15.8. The molecule has 1 aromatic heterocycles. The largest absolute Gasteiger partial charge is 0.493 e. The molecule has 0 fully saturated rings. The van der Waals surface area contributed by atoms with E-state index in [1.165, 1.54) is 0 Å². The predicted octanol–water partition coefficient (Wildman–Crippen LogP) is 3.94. The summed E-state index contributed by atoms with van der Waals surface area (Å²) in [6.07, 6.45) is 0.773. The summed E-state index contributed by atoms with van der Waals surface area (Å²) in [7, 11) is 0. The number of carbonyl (C=O) groups excluding carboxylic acids is 1. The summed E-state index contributed by atoms with van der Waals surface area (Å²) in [6.45, 7) is 0.613. The topological polar surface area (TPSA) is 54.1 Å². The monoisotopic (exact) mass is 318 g/mol. The molecule has 0 saturated heterocycles. The first-order chi connectivity index (χ1) is 11.8. The molecular weight excluding hydrogens is 300 g/mol. The van der Waals surface area contributed by atoms with Crippen LogP contribution in [0.3, 0.4) is 0 Å². The van der Waals surface area contributed by atoms with Gasteiger partial charge in [0.2, 0.25) is 0 Å². The number of rotatable bonds is 3. The van der Waals surface area contributed by atoms with Crippen molar-refractivity contribution < 1.29 is 9.53 Å². The number of H-pyrrole nitrogens is 1. The van der Waals surface area contributed by atoms with Crippen molar-refractivity contribution in [3.05, 3.63) is 78.0 Å². The molecule has 24 heavy (non-hydrogen) atoms. The summed E-state index contributed by atoms with van der Waals surface area (Å²) < 4.78 is 5.64. The minimum Gasteiger partial charge on any atom is -0.493 e. The molecule has 4 heteroatoms. The highest BCUT2D eigenvalue weighted by Crippen LogP contribution is 2.31. The van der Waals surface area contributed by atoms with E-state index in [1.807, 2.05) is 66.7 Å². The Morgan fingerprint density at radius 3 is 2.67 bits per heavy atom. The van der Waals surface area contributed by atoms with Gasteiger partial charge in [0.25, 0.3) is 5.91 Å². The molecule has 1 aliphatic rings. The number of ether oxygens (including phenoxy) is 1. The van der Waals surface area contributed by atoms with Crippen LogP contribution in [-0.2, 0) is 0 Å². The van der Waals surface area contributed by atoms with Gasteiger partial charge in [-0.1, -0.05) is 48.5 Å². The van der Waals surface area contributed by atoms with Gasteiger partial charge in [0, 0.05) is 17.7 Å². The van der Waals surface area contributed by atoms with Crippen LogP contribution >= 0.6 is 0 Å². The van der Waals surface area contributed by atoms with E-state index >= 15 is 0 Å². The van der Waals surface area contributed by atoms with Gasteiger partial charge in [-0.05, 0) is 23.8 Å². The van der Waals surface area contributed by atoms with E-state index in [0.717, 1.165) is 29.0 Å². The summed E-state index contributed by atoms with van der Waals surface area (Å²) in [5.74, 6) is 0.754. The average molecular weight is 318 g/mol. The van der Waals surface area contributed by atoms with E-state index < -0.39 is 0 Å². The Balaban J connectivity index is 1.53. The molecule has 3 aromatic rings. The van der Waals surface area contributed by atoms with Crippen LogP contribution in [0.2, 0.25) is 0 Å². The van der Waals surface area contributed by atoms with Crippen molar-refractivity contribution in [3.8, 4) is 17.0 Å². The van der Waals surface area contributed by atoms with Gasteiger partial charge >= 0.3 is 0 Å². The van der Waals surface area contributed by atoms with Gasteiger partial charge in [0.1, 0.15) is 11.4 Å². The number of para-hydroxylation sites is 1. The summed E-state index contributed by atoms with van der Waals surface area (Å²) in [5.41, 5.74) is 3.60. The summed E-state index contributed by atoms with van der Waals surface area (Å²) >= 11 is 0. The van der Waals surface area contributed by atoms with E-state index in [1.54, 1.807) is 0 Å². The third-order valence-electron chi connectivity index (χ3n) is 4.28. The van der Waals surface area contributed by atoms with E-state index in [4.69, 9.17) is 4.74 Å². The maximum absolute atomic E-state index is 12.6. The van der Waals surface area contributed by atoms with E-state index in [0.29, 0.717) is 12.3 Å². The number of aromatic nitrogens is 1. The molecule has 0 saturated carbocycles. The van der Waals surface area contributed by atoms with Crippen molar-refractivity contribution >= 4 is 5.91 Å². The molecule has 0 bridgehead atoms. The normalized spacial score (nSPS) is 16.1. The highest BCUT2D eigenvalue weighted by molar-refractivity contribution is 5.93. The Kier molecular flexibility index (Phi) is 3.79. The fraction of sp³-hybridized carbons (Fsp3) is 0.150. The molecule has 4 nitrogen and oxygen atoms in total. The molecule has 4 rings (SSSR count). The molecule has 2 heterocycles. The second kappa shape index (κ2) is 6.24. The van der Waals surface area contributed by atoms with Crippen LogP contribution < -0.4 is 10.1 Å². The van der Waals surface area contributed by atoms with E-state index in [9.17, 15) is 4.79 Å². The summed E-state index contributed by atoms with van der Waals surface area (Å²) in [5, 5.41) is 3.11. The van der Waals surface area contributed by atoms with E-state index in [2.05, 4.69) is 10.3 Å². The van der Waals surface area contributed by atoms with Crippen LogP contribution in [0.15, 0.2) is 66.7 Å². The van der Waals surface area contributed by atoms with Gasteiger partial charge in [-0.25, -0.2) is 0 Å². The lowest BCUT2D eigenvalue weighted by Crippen LogP contribution is -2.32. The maximum Gasteiger partial charge on any atom is 0.268 e. The van der Waals surface area contributed by atoms with Gasteiger partial charge in [0.15, 0.2) is 0 Å². The van der Waals surface area contributed by atoms with Crippen molar-refractivity contribution in [1.82, 2.24) is 10.3 Å². The van der Waals surface area contributed by atoms with Crippen molar-refractivity contribution in [2.24, 2.45) is 0 Å². The maximum atomic E-state index is 12.6. The first-order valence-corrected chi connectivity index (χ1v) is 8.08. The lowest BCUT2D eigenvalue weighted by molar-refractivity contribution is 0.0920. The Bertz CT molecular complexity index is 855. The van der Waals surface area contributed by atoms with Crippen molar-refractivity contribution in [2.75, 3.05) is 6.61 Å². The SMILES string of the molecule is O=C(NC1CCOc2ccccc21)c1ccc(-c2ccccc2)[nH]1. The third-order valence-corrected chi connectivity index (χ3v) is 4.28. The van der Waals surface area contributed by atoms with Gasteiger partial charge in [-0.3, -0.25) is 4.79 Å². The number of hydrogen-bond acceptors (Lipinski definition) is 2. The fourth-order valence-electron chi connectivity index (χ4n) is 3.04. The Labute approximate surface area is 140 Å². The molecule has 120 valence electrons.